The lowest BCUT2D eigenvalue weighted by molar-refractivity contribution is 0.167. The van der Waals surface area contributed by atoms with E-state index in [1.54, 1.807) is 7.11 Å². The molecule has 2 rings (SSSR count). The molecule has 0 aliphatic rings. The van der Waals surface area contributed by atoms with E-state index in [0.717, 1.165) is 29.7 Å². The fraction of sp³-hybridized carbons (Fsp3) is 0.368. The van der Waals surface area contributed by atoms with E-state index < -0.39 is 6.10 Å². The second kappa shape index (κ2) is 9.19. The molecular formula is C19H26O2. The van der Waals surface area contributed by atoms with Crippen molar-refractivity contribution in [2.24, 2.45) is 0 Å². The van der Waals surface area contributed by atoms with Crippen molar-refractivity contribution in [2.45, 2.75) is 39.7 Å². The average Bonchev–Trinajstić information content (AvgIpc) is 2.55. The minimum atomic E-state index is -0.400. The van der Waals surface area contributed by atoms with Crippen LogP contribution in [0.15, 0.2) is 48.5 Å². The van der Waals surface area contributed by atoms with Gasteiger partial charge in [-0.15, -0.1) is 0 Å². The molecule has 2 aromatic rings. The molecule has 21 heavy (non-hydrogen) atoms. The highest BCUT2D eigenvalue weighted by Crippen LogP contribution is 2.22. The van der Waals surface area contributed by atoms with Gasteiger partial charge < -0.3 is 9.84 Å². The molecule has 0 aliphatic heterocycles. The summed E-state index contributed by atoms with van der Waals surface area (Å²) >= 11 is 0. The van der Waals surface area contributed by atoms with Gasteiger partial charge in [-0.25, -0.2) is 0 Å². The van der Waals surface area contributed by atoms with Gasteiger partial charge in [0.1, 0.15) is 5.75 Å². The number of benzene rings is 2. The van der Waals surface area contributed by atoms with Gasteiger partial charge in [-0.1, -0.05) is 50.2 Å². The van der Waals surface area contributed by atoms with Crippen molar-refractivity contribution in [1.82, 2.24) is 0 Å². The van der Waals surface area contributed by atoms with Crippen molar-refractivity contribution < 1.29 is 9.84 Å². The Hall–Kier alpha value is -1.80. The highest BCUT2D eigenvalue weighted by molar-refractivity contribution is 5.29. The van der Waals surface area contributed by atoms with Gasteiger partial charge in [0.05, 0.1) is 13.2 Å². The van der Waals surface area contributed by atoms with Crippen molar-refractivity contribution >= 4 is 0 Å². The number of hydrogen-bond donors (Lipinski definition) is 1. The molecule has 2 aromatic carbocycles. The van der Waals surface area contributed by atoms with E-state index in [0.29, 0.717) is 0 Å². The summed E-state index contributed by atoms with van der Waals surface area (Å²) in [6.07, 6.45) is 1.19. The number of aryl methyl sites for hydroxylation is 2. The number of aliphatic hydroxyl groups excluding tert-OH is 1. The Balaban J connectivity index is 0.00000106. The smallest absolute Gasteiger partial charge is 0.118 e. The lowest BCUT2D eigenvalue weighted by Gasteiger charge is -2.13. The molecule has 0 fully saturated rings. The predicted octanol–water partition coefficient (Wildman–Crippen LogP) is 4.70. The largest absolute Gasteiger partial charge is 0.497 e. The van der Waals surface area contributed by atoms with Gasteiger partial charge in [0, 0.05) is 0 Å². The summed E-state index contributed by atoms with van der Waals surface area (Å²) < 4.78 is 5.13. The quantitative estimate of drug-likeness (QED) is 0.863. The third-order valence-electron chi connectivity index (χ3n) is 3.41. The summed E-state index contributed by atoms with van der Waals surface area (Å²) in [5, 5.41) is 10.2. The molecular weight excluding hydrogens is 260 g/mol. The minimum absolute atomic E-state index is 0.400. The molecule has 0 heterocycles. The number of rotatable bonds is 5. The molecule has 0 aliphatic carbocycles. The molecule has 2 nitrogen and oxygen atoms in total. The molecule has 0 saturated heterocycles. The van der Waals surface area contributed by atoms with Crippen LogP contribution in [0.25, 0.3) is 0 Å². The molecule has 0 bridgehead atoms. The molecule has 1 N–H and O–H groups in total. The van der Waals surface area contributed by atoms with E-state index in [9.17, 15) is 5.11 Å². The zero-order chi connectivity index (χ0) is 15.7. The maximum atomic E-state index is 10.2. The van der Waals surface area contributed by atoms with Gasteiger partial charge in [-0.3, -0.25) is 0 Å². The molecule has 1 atom stereocenters. The number of hydrogen-bond acceptors (Lipinski definition) is 2. The van der Waals surface area contributed by atoms with E-state index in [1.165, 1.54) is 5.56 Å². The zero-order valence-corrected chi connectivity index (χ0v) is 13.5. The van der Waals surface area contributed by atoms with E-state index in [1.807, 2.05) is 69.3 Å². The zero-order valence-electron chi connectivity index (χ0n) is 13.5. The second-order valence-electron chi connectivity index (χ2n) is 4.76. The molecule has 2 heteroatoms. The summed E-state index contributed by atoms with van der Waals surface area (Å²) in [5.74, 6) is 0.864. The van der Waals surface area contributed by atoms with Crippen LogP contribution >= 0.6 is 0 Å². The average molecular weight is 286 g/mol. The number of aliphatic hydroxyl groups is 1. The highest BCUT2D eigenvalue weighted by atomic mass is 16.5. The lowest BCUT2D eigenvalue weighted by Crippen LogP contribution is -2.01. The number of methoxy groups -OCH3 is 1. The molecule has 1 unspecified atom stereocenters. The summed E-state index contributed by atoms with van der Waals surface area (Å²) in [6.45, 7) is 6.03. The summed E-state index contributed by atoms with van der Waals surface area (Å²) in [6, 6.07) is 16.0. The van der Waals surface area contributed by atoms with Gasteiger partial charge in [-0.2, -0.15) is 0 Å². The van der Waals surface area contributed by atoms with Crippen LogP contribution < -0.4 is 4.74 Å². The summed E-state index contributed by atoms with van der Waals surface area (Å²) in [4.78, 5) is 0. The third-order valence-corrected chi connectivity index (χ3v) is 3.41. The second-order valence-corrected chi connectivity index (χ2v) is 4.76. The van der Waals surface area contributed by atoms with Gasteiger partial charge in [-0.05, 0) is 48.6 Å². The summed E-state index contributed by atoms with van der Waals surface area (Å²) in [7, 11) is 1.66. The van der Waals surface area contributed by atoms with Crippen LogP contribution in [0.2, 0.25) is 0 Å². The topological polar surface area (TPSA) is 29.5 Å². The first kappa shape index (κ1) is 17.3. The van der Waals surface area contributed by atoms with Crippen molar-refractivity contribution in [3.63, 3.8) is 0 Å². The Kier molecular flexibility index (Phi) is 7.55. The van der Waals surface area contributed by atoms with Crippen molar-refractivity contribution in [2.75, 3.05) is 7.11 Å². The monoisotopic (exact) mass is 286 g/mol. The Bertz CT molecular complexity index is 517. The third kappa shape index (κ3) is 5.24. The van der Waals surface area contributed by atoms with Crippen molar-refractivity contribution in [1.29, 1.82) is 0 Å². The van der Waals surface area contributed by atoms with Crippen LogP contribution in [0.1, 0.15) is 43.1 Å². The van der Waals surface area contributed by atoms with E-state index in [2.05, 4.69) is 0 Å². The van der Waals surface area contributed by atoms with Crippen molar-refractivity contribution in [3.05, 3.63) is 65.2 Å². The first-order valence-electron chi connectivity index (χ1n) is 7.57. The normalized spacial score (nSPS) is 11.3. The van der Waals surface area contributed by atoms with Crippen LogP contribution in [0.5, 0.6) is 5.75 Å². The standard InChI is InChI=1S/C17H20O2.C2H6/c1-13-5-3-4-6-16(13)17(18)12-9-14-7-10-15(19-2)11-8-14;1-2/h3-8,10-11,17-18H,9,12H2,1-2H3;1-2H3. The fourth-order valence-corrected chi connectivity index (χ4v) is 2.21. The van der Waals surface area contributed by atoms with Gasteiger partial charge in [0.25, 0.3) is 0 Å². The Morgan fingerprint density at radius 2 is 1.62 bits per heavy atom. The van der Waals surface area contributed by atoms with Crippen LogP contribution in [0.3, 0.4) is 0 Å². The Morgan fingerprint density at radius 1 is 1.00 bits per heavy atom. The molecule has 0 radical (unpaired) electrons. The molecule has 0 saturated carbocycles. The first-order chi connectivity index (χ1) is 10.2. The number of ether oxygens (including phenoxy) is 1. The van der Waals surface area contributed by atoms with Crippen LogP contribution in [-0.2, 0) is 6.42 Å². The Labute approximate surface area is 128 Å². The van der Waals surface area contributed by atoms with Gasteiger partial charge in [0.15, 0.2) is 0 Å². The van der Waals surface area contributed by atoms with Gasteiger partial charge in [0.2, 0.25) is 0 Å². The first-order valence-corrected chi connectivity index (χ1v) is 7.57. The highest BCUT2D eigenvalue weighted by Gasteiger charge is 2.09. The lowest BCUT2D eigenvalue weighted by atomic mass is 9.98. The Morgan fingerprint density at radius 3 is 2.19 bits per heavy atom. The maximum absolute atomic E-state index is 10.2. The minimum Gasteiger partial charge on any atom is -0.497 e. The molecule has 114 valence electrons. The van der Waals surface area contributed by atoms with Gasteiger partial charge >= 0.3 is 0 Å². The van der Waals surface area contributed by atoms with Crippen LogP contribution in [0.4, 0.5) is 0 Å². The summed E-state index contributed by atoms with van der Waals surface area (Å²) in [5.41, 5.74) is 3.38. The predicted molar refractivity (Wildman–Crippen MR) is 88.8 cm³/mol. The van der Waals surface area contributed by atoms with E-state index in [-0.39, 0.29) is 0 Å². The molecule has 0 aromatic heterocycles. The molecule has 0 spiro atoms. The van der Waals surface area contributed by atoms with E-state index >= 15 is 0 Å². The van der Waals surface area contributed by atoms with Crippen LogP contribution in [-0.4, -0.2) is 12.2 Å². The van der Waals surface area contributed by atoms with Crippen molar-refractivity contribution in [3.8, 4) is 5.75 Å². The molecule has 0 amide bonds. The SMILES string of the molecule is CC.COc1ccc(CCC(O)c2ccccc2C)cc1. The maximum Gasteiger partial charge on any atom is 0.118 e. The van der Waals surface area contributed by atoms with E-state index in [4.69, 9.17) is 4.74 Å². The van der Waals surface area contributed by atoms with Crippen LogP contribution in [0, 0.1) is 6.92 Å². The fourth-order valence-electron chi connectivity index (χ4n) is 2.21.